The zero-order valence-corrected chi connectivity index (χ0v) is 20.1. The molecule has 4 aromatic heterocycles. The van der Waals surface area contributed by atoms with E-state index in [2.05, 4.69) is 29.9 Å². The monoisotopic (exact) mass is 507 g/mol. The van der Waals surface area contributed by atoms with Crippen LogP contribution in [0.4, 0.5) is 10.1 Å². The summed E-state index contributed by atoms with van der Waals surface area (Å²) in [4.78, 5) is 35.5. The number of rotatable bonds is 5. The number of nitrogens with one attached hydrogen (secondary N) is 2. The normalized spacial score (nSPS) is 12.1. The molecule has 1 unspecified atom stereocenters. The molecular formula is C25H19ClFN5O4. The fraction of sp³-hybridized carbons (Fsp3) is 0.160. The second-order valence-electron chi connectivity index (χ2n) is 8.31. The van der Waals surface area contributed by atoms with Crippen LogP contribution in [0.2, 0.25) is 5.15 Å². The van der Waals surface area contributed by atoms with E-state index in [1.807, 2.05) is 19.9 Å². The summed E-state index contributed by atoms with van der Waals surface area (Å²) in [5.74, 6) is -1.07. The minimum atomic E-state index is -0.734. The number of aryl methyl sites for hydroxylation is 1. The van der Waals surface area contributed by atoms with Crippen molar-refractivity contribution in [3.8, 4) is 22.8 Å². The Labute approximate surface area is 208 Å². The van der Waals surface area contributed by atoms with Crippen molar-refractivity contribution < 1.29 is 13.3 Å². The minimum absolute atomic E-state index is 0.0975. The molecule has 5 rings (SSSR count). The van der Waals surface area contributed by atoms with Gasteiger partial charge in [-0.1, -0.05) is 22.8 Å². The third-order valence-corrected chi connectivity index (χ3v) is 5.98. The summed E-state index contributed by atoms with van der Waals surface area (Å²) in [6, 6.07) is 7.67. The quantitative estimate of drug-likeness (QED) is 0.312. The largest absolute Gasteiger partial charge is 0.455 e. The Bertz CT molecular complexity index is 1740. The van der Waals surface area contributed by atoms with Crippen molar-refractivity contribution in [3.05, 3.63) is 91.2 Å². The maximum absolute atomic E-state index is 14.6. The number of anilines is 1. The van der Waals surface area contributed by atoms with Crippen molar-refractivity contribution in [1.82, 2.24) is 20.1 Å². The van der Waals surface area contributed by atoms with Crippen LogP contribution in [0.1, 0.15) is 29.7 Å². The van der Waals surface area contributed by atoms with E-state index in [0.29, 0.717) is 22.2 Å². The van der Waals surface area contributed by atoms with Gasteiger partial charge in [-0.15, -0.1) is 0 Å². The van der Waals surface area contributed by atoms with E-state index in [4.69, 9.17) is 16.0 Å². The van der Waals surface area contributed by atoms with Gasteiger partial charge in [-0.2, -0.15) is 0 Å². The van der Waals surface area contributed by atoms with E-state index in [0.717, 1.165) is 5.56 Å². The fourth-order valence-corrected chi connectivity index (χ4v) is 4.21. The molecule has 0 bridgehead atoms. The predicted octanol–water partition coefficient (Wildman–Crippen LogP) is 5.18. The molecular weight excluding hydrogens is 489 g/mol. The maximum atomic E-state index is 14.6. The molecule has 36 heavy (non-hydrogen) atoms. The van der Waals surface area contributed by atoms with Crippen molar-refractivity contribution in [2.45, 2.75) is 26.8 Å². The van der Waals surface area contributed by atoms with Crippen molar-refractivity contribution >= 4 is 28.3 Å². The van der Waals surface area contributed by atoms with Gasteiger partial charge >= 0.3 is 5.76 Å². The molecule has 9 nitrogen and oxygen atoms in total. The summed E-state index contributed by atoms with van der Waals surface area (Å²) in [6.07, 6.45) is 2.65. The highest BCUT2D eigenvalue weighted by Crippen LogP contribution is 2.34. The SMILES string of the molecule is Cc1cc(C(C)Nc2ccc(Cl)nc2-c2noc(=O)[nH]2)c2oc(-c3cnccc3F)c(C)c(=O)c2c1. The first kappa shape index (κ1) is 23.4. The molecule has 1 atom stereocenters. The lowest BCUT2D eigenvalue weighted by Gasteiger charge is -2.20. The topological polar surface area (TPSA) is 127 Å². The van der Waals surface area contributed by atoms with Gasteiger partial charge in [0.15, 0.2) is 5.43 Å². The van der Waals surface area contributed by atoms with Crippen LogP contribution >= 0.6 is 11.6 Å². The zero-order valence-electron chi connectivity index (χ0n) is 19.3. The minimum Gasteiger partial charge on any atom is -0.455 e. The number of H-pyrrole nitrogens is 1. The van der Waals surface area contributed by atoms with E-state index in [-0.39, 0.29) is 39.0 Å². The first-order valence-electron chi connectivity index (χ1n) is 10.9. The molecule has 1 aromatic carbocycles. The van der Waals surface area contributed by atoms with E-state index in [1.54, 1.807) is 25.1 Å². The van der Waals surface area contributed by atoms with Gasteiger partial charge in [0.2, 0.25) is 5.82 Å². The first-order chi connectivity index (χ1) is 17.2. The maximum Gasteiger partial charge on any atom is 0.439 e. The molecule has 0 radical (unpaired) electrons. The molecule has 0 fully saturated rings. The number of halogens is 2. The van der Waals surface area contributed by atoms with Crippen LogP contribution in [-0.2, 0) is 0 Å². The second kappa shape index (κ2) is 9.04. The van der Waals surface area contributed by atoms with Gasteiger partial charge in [-0.25, -0.2) is 14.2 Å². The lowest BCUT2D eigenvalue weighted by atomic mass is 9.99. The number of nitrogens with zero attached hydrogens (tertiary/aromatic N) is 3. The van der Waals surface area contributed by atoms with Gasteiger partial charge in [0.1, 0.15) is 28.0 Å². The third kappa shape index (κ3) is 4.16. The predicted molar refractivity (Wildman–Crippen MR) is 133 cm³/mol. The summed E-state index contributed by atoms with van der Waals surface area (Å²) in [7, 11) is 0. The number of hydrogen-bond acceptors (Lipinski definition) is 8. The molecule has 0 aliphatic heterocycles. The van der Waals surface area contributed by atoms with E-state index >= 15 is 0 Å². The van der Waals surface area contributed by atoms with Crippen LogP contribution in [0.15, 0.2) is 61.3 Å². The van der Waals surface area contributed by atoms with Crippen LogP contribution in [0.25, 0.3) is 33.8 Å². The Morgan fingerprint density at radius 2 is 1.97 bits per heavy atom. The van der Waals surface area contributed by atoms with Crippen molar-refractivity contribution in [1.29, 1.82) is 0 Å². The van der Waals surface area contributed by atoms with E-state index in [9.17, 15) is 14.0 Å². The van der Waals surface area contributed by atoms with Gasteiger partial charge in [-0.3, -0.25) is 19.3 Å². The number of fused-ring (bicyclic) bond motifs is 1. The summed E-state index contributed by atoms with van der Waals surface area (Å²) in [6.45, 7) is 5.33. The van der Waals surface area contributed by atoms with Gasteiger partial charge in [0.25, 0.3) is 0 Å². The number of hydrogen-bond donors (Lipinski definition) is 2. The first-order valence-corrected chi connectivity index (χ1v) is 11.3. The van der Waals surface area contributed by atoms with Crippen LogP contribution < -0.4 is 16.5 Å². The lowest BCUT2D eigenvalue weighted by Crippen LogP contribution is -2.13. The highest BCUT2D eigenvalue weighted by molar-refractivity contribution is 6.29. The van der Waals surface area contributed by atoms with E-state index in [1.165, 1.54) is 18.5 Å². The molecule has 4 heterocycles. The summed E-state index contributed by atoms with van der Waals surface area (Å²) < 4.78 is 25.4. The molecule has 11 heteroatoms. The van der Waals surface area contributed by atoms with Crippen molar-refractivity contribution in [2.24, 2.45) is 0 Å². The average molecular weight is 508 g/mol. The van der Waals surface area contributed by atoms with Gasteiger partial charge < -0.3 is 9.73 Å². The highest BCUT2D eigenvalue weighted by atomic mass is 35.5. The molecule has 5 aromatic rings. The summed E-state index contributed by atoms with van der Waals surface area (Å²) >= 11 is 6.07. The smallest absolute Gasteiger partial charge is 0.439 e. The summed E-state index contributed by atoms with van der Waals surface area (Å²) in [5.41, 5.74) is 2.70. The second-order valence-corrected chi connectivity index (χ2v) is 8.70. The molecule has 0 saturated carbocycles. The Morgan fingerprint density at radius 1 is 1.17 bits per heavy atom. The summed E-state index contributed by atoms with van der Waals surface area (Å²) in [5, 5.41) is 7.58. The third-order valence-electron chi connectivity index (χ3n) is 5.77. The van der Waals surface area contributed by atoms with Gasteiger partial charge in [0.05, 0.1) is 22.7 Å². The van der Waals surface area contributed by atoms with Crippen molar-refractivity contribution in [2.75, 3.05) is 5.32 Å². The number of aromatic amines is 1. The Hall–Kier alpha value is -4.31. The zero-order chi connectivity index (χ0) is 25.6. The van der Waals surface area contributed by atoms with Crippen molar-refractivity contribution in [3.63, 3.8) is 0 Å². The number of pyridine rings is 2. The fourth-order valence-electron chi connectivity index (χ4n) is 4.07. The molecule has 2 N–H and O–H groups in total. The molecule has 0 aliphatic rings. The highest BCUT2D eigenvalue weighted by Gasteiger charge is 2.22. The van der Waals surface area contributed by atoms with Crippen LogP contribution in [0.5, 0.6) is 0 Å². The Kier molecular flexibility index (Phi) is 5.89. The van der Waals surface area contributed by atoms with Crippen LogP contribution in [0, 0.1) is 19.7 Å². The molecule has 182 valence electrons. The van der Waals surface area contributed by atoms with Gasteiger partial charge in [-0.05, 0) is 50.6 Å². The molecule has 0 spiro atoms. The number of aromatic nitrogens is 4. The van der Waals surface area contributed by atoms with Crippen LogP contribution in [-0.4, -0.2) is 20.1 Å². The van der Waals surface area contributed by atoms with Crippen LogP contribution in [0.3, 0.4) is 0 Å². The Balaban J connectivity index is 1.66. The molecule has 0 aliphatic carbocycles. The number of benzene rings is 1. The molecule has 0 saturated heterocycles. The van der Waals surface area contributed by atoms with Gasteiger partial charge in [0, 0.05) is 23.5 Å². The Morgan fingerprint density at radius 3 is 2.69 bits per heavy atom. The standard InChI is InChI=1S/C25H19ClFN5O4/c1-11-8-14(13(3)29-18-4-5-19(26)30-20(18)24-31-25(34)36-32-24)23-15(9-11)21(33)12(2)22(35-23)16-10-28-7-6-17(16)27/h4-10,13,29H,1-3H3,(H,31,32,34). The lowest BCUT2D eigenvalue weighted by molar-refractivity contribution is 0.388. The molecule has 0 amide bonds. The average Bonchev–Trinajstić information content (AvgIpc) is 3.29. The van der Waals surface area contributed by atoms with E-state index < -0.39 is 17.6 Å².